The lowest BCUT2D eigenvalue weighted by molar-refractivity contribution is -0.263. The molecule has 4 amide bonds. The predicted octanol–water partition coefficient (Wildman–Crippen LogP) is 12.5. The van der Waals surface area contributed by atoms with E-state index in [0.29, 0.717) is 72.6 Å². The lowest BCUT2D eigenvalue weighted by Gasteiger charge is -2.43. The van der Waals surface area contributed by atoms with Crippen molar-refractivity contribution in [2.24, 2.45) is 5.92 Å². The highest BCUT2D eigenvalue weighted by molar-refractivity contribution is 6.74. The summed E-state index contributed by atoms with van der Waals surface area (Å²) in [6.07, 6.45) is -2.25. The van der Waals surface area contributed by atoms with Gasteiger partial charge < -0.3 is 85.3 Å². The molecule has 0 aromatic heterocycles. The molecule has 3 fully saturated rings. The molecule has 0 spiro atoms. The molecule has 28 nitrogen and oxygen atoms in total. The van der Waals surface area contributed by atoms with Crippen LogP contribution in [-0.4, -0.2) is 203 Å². The zero-order valence-corrected chi connectivity index (χ0v) is 66.3. The highest BCUT2D eigenvalue weighted by Crippen LogP contribution is 2.41. The molecular formula is C80H108N4O24Si. The monoisotopic (exact) mass is 1540 g/mol. The van der Waals surface area contributed by atoms with E-state index in [4.69, 9.17) is 70.7 Å². The minimum atomic E-state index is -2.21. The number of likely N-dealkylation sites (tertiary alicyclic amines) is 2. The largest absolute Gasteiger partial charge is 0.493 e. The van der Waals surface area contributed by atoms with Crippen LogP contribution in [-0.2, 0) is 86.0 Å². The van der Waals surface area contributed by atoms with E-state index in [9.17, 15) is 38.4 Å². The maximum Gasteiger partial charge on any atom is 0.411 e. The Balaban J connectivity index is 1.17. The van der Waals surface area contributed by atoms with Crippen molar-refractivity contribution >= 4 is 67.4 Å². The van der Waals surface area contributed by atoms with Crippen LogP contribution in [0.1, 0.15) is 141 Å². The van der Waals surface area contributed by atoms with E-state index in [2.05, 4.69) is 69.0 Å². The highest BCUT2D eigenvalue weighted by Gasteiger charge is 2.48. The van der Waals surface area contributed by atoms with Crippen molar-refractivity contribution in [3.8, 4) is 28.7 Å². The SMILES string of the molecule is C=CCOC(=O)Nc1cc(OCc2cc(COc3cc(NC(=O)OCc4ccc(O[C@@H]5O[C@H](C)[C@@H](C)[C@H](OC(C)=O)[C@H]5OC(C)=O)c(C(=O)CCCOC)c4)c(C(=O)N4CC(=C)C[C@H]4CC)cc3OC)cc(OCCOCCOCCOCC(=O)OC)c2)c(C)cc1C(=O)N1CC(=C)C[C@H]1CO[Si](C)(C)C(C)(C)C. The van der Waals surface area contributed by atoms with Gasteiger partial charge in [0.05, 0.1) is 94.1 Å². The third kappa shape index (κ3) is 25.3. The quantitative estimate of drug-likeness (QED) is 0.0104. The fraction of sp³-hybridized carbons (Fsp3) is 0.525. The van der Waals surface area contributed by atoms with Crippen molar-refractivity contribution in [2.45, 2.75) is 169 Å². The van der Waals surface area contributed by atoms with Crippen LogP contribution in [0.3, 0.4) is 0 Å². The molecule has 3 aliphatic rings. The summed E-state index contributed by atoms with van der Waals surface area (Å²) in [6, 6.07) is 15.7. The number of aryl methyl sites for hydroxylation is 1. The van der Waals surface area contributed by atoms with Crippen LogP contribution in [0.2, 0.25) is 18.1 Å². The molecule has 0 aliphatic carbocycles. The zero-order valence-electron chi connectivity index (χ0n) is 65.3. The topological polar surface area (TPSA) is 315 Å². The van der Waals surface area contributed by atoms with Gasteiger partial charge in [0.15, 0.2) is 25.6 Å². The Kier molecular flexibility index (Phi) is 33.0. The number of rotatable bonds is 40. The number of hydrogen-bond donors (Lipinski definition) is 2. The van der Waals surface area contributed by atoms with Crippen molar-refractivity contribution in [1.82, 2.24) is 9.80 Å². The number of ketones is 1. The average molecular weight is 1540 g/mol. The number of methoxy groups -OCH3 is 3. The van der Waals surface area contributed by atoms with Gasteiger partial charge in [-0.15, -0.1) is 0 Å². The molecule has 2 N–H and O–H groups in total. The van der Waals surface area contributed by atoms with Crippen molar-refractivity contribution in [2.75, 3.05) is 111 Å². The summed E-state index contributed by atoms with van der Waals surface area (Å²) in [7, 11) is 2.00. The molecule has 29 heteroatoms. The molecule has 7 atom stereocenters. The number of anilines is 2. The lowest BCUT2D eigenvalue weighted by atomic mass is 9.91. The van der Waals surface area contributed by atoms with E-state index in [0.717, 1.165) is 11.1 Å². The molecule has 3 aliphatic heterocycles. The minimum absolute atomic E-state index is 0.0112. The number of carbonyl (C=O) groups is 8. The number of amides is 4. The molecular weight excluding hydrogens is 1430 g/mol. The summed E-state index contributed by atoms with van der Waals surface area (Å²) in [6.45, 7) is 34.1. The first kappa shape index (κ1) is 86.9. The van der Waals surface area contributed by atoms with Crippen molar-refractivity contribution in [3.05, 3.63) is 137 Å². The molecule has 3 saturated heterocycles. The molecule has 0 saturated carbocycles. The number of ether oxygens (including phenoxy) is 15. The summed E-state index contributed by atoms with van der Waals surface area (Å²) >= 11 is 0. The molecule has 109 heavy (non-hydrogen) atoms. The molecule has 0 bridgehead atoms. The normalized spacial score (nSPS) is 18.5. The highest BCUT2D eigenvalue weighted by atomic mass is 28.4. The standard InChI is InChI=1S/C80H108N4O24Si/c1-18-24-100-78(91)81-65-40-69(51(5)34-62(65)75(89)84-43-50(4)33-60(84)47-104-109(16,17)80(10,11)12)101-45-57-35-58(37-61(36-57)99-31-30-97-27-26-96-28-29-98-48-72(88)95-15)46-102-71-41-66(63(39-70(71)94-14)76(90)83-42-49(3)32-59(83)19-2)82-79(92)103-44-56-22-23-68(64(38-56)67(87)21-20-25-93-13)108-77-74(107-55(9)86)73(106-54(8)85)52(6)53(7)105-77/h18,22-23,34-41,52-53,59-60,73-74,77H,1,3-4,19-21,24-33,42-48H2,2,5-17H3,(H,81,91)(H,82,92)/t52-,53-,59-,60+,73+,74-,77+/m1/s1. The molecule has 596 valence electrons. The summed E-state index contributed by atoms with van der Waals surface area (Å²) in [5.41, 5.74) is 4.35. The predicted molar refractivity (Wildman–Crippen MR) is 406 cm³/mol. The summed E-state index contributed by atoms with van der Waals surface area (Å²) in [5, 5.41) is 5.47. The Hall–Kier alpha value is -9.36. The first-order valence-corrected chi connectivity index (χ1v) is 39.4. The van der Waals surface area contributed by atoms with Gasteiger partial charge in [-0.25, -0.2) is 14.4 Å². The number of nitrogens with one attached hydrogen (secondary N) is 2. The number of esters is 3. The van der Waals surface area contributed by atoms with Crippen LogP contribution >= 0.6 is 0 Å². The van der Waals surface area contributed by atoms with Gasteiger partial charge in [0.1, 0.15) is 63.0 Å². The van der Waals surface area contributed by atoms with E-state index >= 15 is 0 Å². The van der Waals surface area contributed by atoms with Crippen molar-refractivity contribution in [3.63, 3.8) is 0 Å². The molecule has 0 unspecified atom stereocenters. The molecule has 3 heterocycles. The maximum atomic E-state index is 14.8. The average Bonchev–Trinajstić information content (AvgIpc) is 1.75. The van der Waals surface area contributed by atoms with Crippen LogP contribution in [0, 0.1) is 12.8 Å². The zero-order chi connectivity index (χ0) is 79.7. The maximum absolute atomic E-state index is 14.8. The van der Waals surface area contributed by atoms with E-state index in [1.165, 1.54) is 65.5 Å². The van der Waals surface area contributed by atoms with E-state index in [1.807, 2.05) is 13.0 Å². The van der Waals surface area contributed by atoms with Gasteiger partial charge in [0, 0.05) is 71.2 Å². The van der Waals surface area contributed by atoms with E-state index in [1.54, 1.807) is 60.9 Å². The second kappa shape index (κ2) is 41.4. The Labute approximate surface area is 639 Å². The summed E-state index contributed by atoms with van der Waals surface area (Å²) < 4.78 is 93.4. The van der Waals surface area contributed by atoms with Gasteiger partial charge in [-0.1, -0.05) is 77.6 Å². The fourth-order valence-electron chi connectivity index (χ4n) is 12.1. The third-order valence-corrected chi connectivity index (χ3v) is 23.6. The van der Waals surface area contributed by atoms with Crippen LogP contribution in [0.5, 0.6) is 28.7 Å². The Bertz CT molecular complexity index is 3870. The molecule has 4 aromatic carbocycles. The van der Waals surface area contributed by atoms with Crippen LogP contribution < -0.4 is 34.3 Å². The summed E-state index contributed by atoms with van der Waals surface area (Å²) in [4.78, 5) is 111. The van der Waals surface area contributed by atoms with E-state index < -0.39 is 74.8 Å². The number of Topliss-reactive ketones (excluding diaryl/α,β-unsaturated/α-hetero) is 1. The van der Waals surface area contributed by atoms with Gasteiger partial charge in [-0.2, -0.15) is 0 Å². The van der Waals surface area contributed by atoms with Crippen molar-refractivity contribution in [1.29, 1.82) is 0 Å². The first-order valence-electron chi connectivity index (χ1n) is 36.4. The van der Waals surface area contributed by atoms with Crippen LogP contribution in [0.15, 0.2) is 97.6 Å². The second-order valence-corrected chi connectivity index (χ2v) is 33.2. The Morgan fingerprint density at radius 2 is 1.22 bits per heavy atom. The van der Waals surface area contributed by atoms with Gasteiger partial charge >= 0.3 is 30.1 Å². The Morgan fingerprint density at radius 3 is 1.82 bits per heavy atom. The van der Waals surface area contributed by atoms with Gasteiger partial charge in [0.25, 0.3) is 11.8 Å². The second-order valence-electron chi connectivity index (χ2n) is 28.4. The fourth-order valence-corrected chi connectivity index (χ4v) is 13.1. The van der Waals surface area contributed by atoms with Crippen LogP contribution in [0.4, 0.5) is 21.0 Å². The smallest absolute Gasteiger partial charge is 0.411 e. The van der Waals surface area contributed by atoms with Gasteiger partial charge in [-0.05, 0) is 122 Å². The molecule has 0 radical (unpaired) electrons. The van der Waals surface area contributed by atoms with Gasteiger partial charge in [-0.3, -0.25) is 34.6 Å². The first-order chi connectivity index (χ1) is 51.9. The molecule has 7 rings (SSSR count). The lowest BCUT2D eigenvalue weighted by Crippen LogP contribution is -2.57. The number of carbonyl (C=O) groups excluding carboxylic acids is 8. The van der Waals surface area contributed by atoms with Gasteiger partial charge in [0.2, 0.25) is 12.4 Å². The summed E-state index contributed by atoms with van der Waals surface area (Å²) in [5.74, 6) is -2.28. The molecule has 4 aromatic rings. The number of hydrogen-bond acceptors (Lipinski definition) is 24. The third-order valence-electron chi connectivity index (χ3n) is 19.1. The minimum Gasteiger partial charge on any atom is -0.493 e. The van der Waals surface area contributed by atoms with Crippen molar-refractivity contribution < 1.29 is 114 Å². The number of benzene rings is 4. The number of nitrogens with zero attached hydrogens (tertiary/aromatic N) is 2. The van der Waals surface area contributed by atoms with E-state index in [-0.39, 0.29) is 166 Å². The van der Waals surface area contributed by atoms with Crippen LogP contribution in [0.25, 0.3) is 0 Å². The Morgan fingerprint density at radius 1 is 0.642 bits per heavy atom.